The van der Waals surface area contributed by atoms with Crippen molar-refractivity contribution in [3.05, 3.63) is 70.8 Å². The predicted molar refractivity (Wildman–Crippen MR) is 99.7 cm³/mol. The molecule has 0 radical (unpaired) electrons. The normalized spacial score (nSPS) is 16.4. The molecule has 0 aliphatic heterocycles. The van der Waals surface area contributed by atoms with Crippen molar-refractivity contribution in [1.82, 2.24) is 4.90 Å². The van der Waals surface area contributed by atoms with Crippen molar-refractivity contribution in [2.75, 3.05) is 13.1 Å². The van der Waals surface area contributed by atoms with Gasteiger partial charge in [-0.2, -0.15) is 0 Å². The summed E-state index contributed by atoms with van der Waals surface area (Å²) in [6, 6.07) is 16.5. The molecule has 1 atom stereocenters. The van der Waals surface area contributed by atoms with Crippen LogP contribution in [0.3, 0.4) is 0 Å². The van der Waals surface area contributed by atoms with E-state index >= 15 is 0 Å². The second-order valence-electron chi connectivity index (χ2n) is 6.78. The standard InChI is InChI=1S/C22H27NO/c1-3-12-23(13-4-2)21-15-18-10-11-19(14-20(18)16-21)22(24)17-8-6-5-7-9-17/h5-11,14,21H,3-4,12-13,15-16H2,1-2H3. The molecule has 2 heteroatoms. The molecule has 2 aromatic carbocycles. The summed E-state index contributed by atoms with van der Waals surface area (Å²) < 4.78 is 0. The SMILES string of the molecule is CCCN(CCC)C1Cc2ccc(C(=O)c3ccccc3)cc2C1. The van der Waals surface area contributed by atoms with Gasteiger partial charge in [0.1, 0.15) is 0 Å². The van der Waals surface area contributed by atoms with Crippen LogP contribution in [0.1, 0.15) is 53.7 Å². The smallest absolute Gasteiger partial charge is 0.193 e. The maximum absolute atomic E-state index is 12.7. The zero-order chi connectivity index (χ0) is 16.9. The lowest BCUT2D eigenvalue weighted by molar-refractivity contribution is 0.103. The first kappa shape index (κ1) is 16.9. The van der Waals surface area contributed by atoms with Crippen molar-refractivity contribution < 1.29 is 4.79 Å². The predicted octanol–water partition coefficient (Wildman–Crippen LogP) is 4.51. The third-order valence-corrected chi connectivity index (χ3v) is 4.95. The van der Waals surface area contributed by atoms with E-state index in [1.165, 1.54) is 37.1 Å². The molecule has 0 saturated heterocycles. The minimum Gasteiger partial charge on any atom is -0.300 e. The van der Waals surface area contributed by atoms with Gasteiger partial charge < -0.3 is 0 Å². The van der Waals surface area contributed by atoms with Crippen molar-refractivity contribution in [3.63, 3.8) is 0 Å². The summed E-state index contributed by atoms with van der Waals surface area (Å²) in [5, 5.41) is 0. The Morgan fingerprint density at radius 3 is 2.25 bits per heavy atom. The highest BCUT2D eigenvalue weighted by molar-refractivity contribution is 6.09. The topological polar surface area (TPSA) is 20.3 Å². The highest BCUT2D eigenvalue weighted by Gasteiger charge is 2.26. The van der Waals surface area contributed by atoms with E-state index in [0.717, 1.165) is 24.0 Å². The molecule has 0 N–H and O–H groups in total. The Hall–Kier alpha value is -1.93. The second kappa shape index (κ2) is 7.76. The van der Waals surface area contributed by atoms with Crippen LogP contribution in [-0.2, 0) is 12.8 Å². The van der Waals surface area contributed by atoms with Crippen molar-refractivity contribution in [3.8, 4) is 0 Å². The lowest BCUT2D eigenvalue weighted by Crippen LogP contribution is -2.37. The summed E-state index contributed by atoms with van der Waals surface area (Å²) in [6.45, 7) is 6.84. The van der Waals surface area contributed by atoms with Crippen molar-refractivity contribution in [1.29, 1.82) is 0 Å². The van der Waals surface area contributed by atoms with E-state index in [4.69, 9.17) is 0 Å². The van der Waals surface area contributed by atoms with Gasteiger partial charge in [-0.1, -0.05) is 56.3 Å². The Morgan fingerprint density at radius 2 is 1.58 bits per heavy atom. The molecule has 2 nitrogen and oxygen atoms in total. The van der Waals surface area contributed by atoms with E-state index in [0.29, 0.717) is 6.04 Å². The first-order chi connectivity index (χ1) is 11.7. The van der Waals surface area contributed by atoms with Gasteiger partial charge in [-0.05, 0) is 56.0 Å². The molecule has 126 valence electrons. The number of benzene rings is 2. The molecular weight excluding hydrogens is 294 g/mol. The average molecular weight is 321 g/mol. The fourth-order valence-corrected chi connectivity index (χ4v) is 3.80. The molecule has 0 fully saturated rings. The van der Waals surface area contributed by atoms with E-state index in [9.17, 15) is 4.79 Å². The molecule has 1 unspecified atom stereocenters. The minimum atomic E-state index is 0.126. The van der Waals surface area contributed by atoms with E-state index in [1.807, 2.05) is 36.4 Å². The number of hydrogen-bond acceptors (Lipinski definition) is 2. The van der Waals surface area contributed by atoms with Crippen LogP contribution in [0.5, 0.6) is 0 Å². The molecular formula is C22H27NO. The molecule has 0 aromatic heterocycles. The number of rotatable bonds is 7. The quantitative estimate of drug-likeness (QED) is 0.700. The number of carbonyl (C=O) groups excluding carboxylic acids is 1. The Morgan fingerprint density at radius 1 is 0.917 bits per heavy atom. The van der Waals surface area contributed by atoms with Crippen LogP contribution in [0.25, 0.3) is 0 Å². The molecule has 0 spiro atoms. The van der Waals surface area contributed by atoms with Crippen LogP contribution < -0.4 is 0 Å². The van der Waals surface area contributed by atoms with Crippen LogP contribution in [0, 0.1) is 0 Å². The number of fused-ring (bicyclic) bond motifs is 1. The van der Waals surface area contributed by atoms with Gasteiger partial charge in [0.25, 0.3) is 0 Å². The Labute approximate surface area is 145 Å². The maximum Gasteiger partial charge on any atom is 0.193 e. The Balaban J connectivity index is 1.77. The van der Waals surface area contributed by atoms with Crippen LogP contribution in [0.4, 0.5) is 0 Å². The van der Waals surface area contributed by atoms with Crippen molar-refractivity contribution in [2.24, 2.45) is 0 Å². The first-order valence-electron chi connectivity index (χ1n) is 9.18. The van der Waals surface area contributed by atoms with Gasteiger partial charge in [0.15, 0.2) is 5.78 Å². The molecule has 1 aliphatic carbocycles. The third-order valence-electron chi connectivity index (χ3n) is 4.95. The molecule has 0 saturated carbocycles. The lowest BCUT2D eigenvalue weighted by atomic mass is 9.99. The van der Waals surface area contributed by atoms with Gasteiger partial charge >= 0.3 is 0 Å². The zero-order valence-corrected chi connectivity index (χ0v) is 14.8. The van der Waals surface area contributed by atoms with E-state index < -0.39 is 0 Å². The van der Waals surface area contributed by atoms with Crippen LogP contribution >= 0.6 is 0 Å². The van der Waals surface area contributed by atoms with Gasteiger partial charge in [0, 0.05) is 17.2 Å². The van der Waals surface area contributed by atoms with Crippen LogP contribution in [0.15, 0.2) is 48.5 Å². The average Bonchev–Trinajstić information content (AvgIpc) is 3.04. The summed E-state index contributed by atoms with van der Waals surface area (Å²) in [6.07, 6.45) is 4.59. The number of ketones is 1. The Kier molecular flexibility index (Phi) is 5.47. The monoisotopic (exact) mass is 321 g/mol. The van der Waals surface area contributed by atoms with Gasteiger partial charge in [-0.3, -0.25) is 9.69 Å². The number of hydrogen-bond donors (Lipinski definition) is 0. The summed E-state index contributed by atoms with van der Waals surface area (Å²) >= 11 is 0. The Bertz CT molecular complexity index is 686. The largest absolute Gasteiger partial charge is 0.300 e. The molecule has 24 heavy (non-hydrogen) atoms. The molecule has 0 amide bonds. The zero-order valence-electron chi connectivity index (χ0n) is 14.8. The number of carbonyl (C=O) groups is 1. The highest BCUT2D eigenvalue weighted by Crippen LogP contribution is 2.27. The van der Waals surface area contributed by atoms with Crippen molar-refractivity contribution in [2.45, 2.75) is 45.6 Å². The van der Waals surface area contributed by atoms with Gasteiger partial charge in [-0.15, -0.1) is 0 Å². The minimum absolute atomic E-state index is 0.126. The van der Waals surface area contributed by atoms with Crippen molar-refractivity contribution >= 4 is 5.78 Å². The fourth-order valence-electron chi connectivity index (χ4n) is 3.80. The molecule has 1 aliphatic rings. The highest BCUT2D eigenvalue weighted by atomic mass is 16.1. The molecule has 0 bridgehead atoms. The summed E-state index contributed by atoms with van der Waals surface area (Å²) in [5.41, 5.74) is 4.37. The van der Waals surface area contributed by atoms with E-state index in [1.54, 1.807) is 0 Å². The molecule has 3 rings (SSSR count). The lowest BCUT2D eigenvalue weighted by Gasteiger charge is -2.27. The molecule has 2 aromatic rings. The van der Waals surface area contributed by atoms with Crippen LogP contribution in [0.2, 0.25) is 0 Å². The maximum atomic E-state index is 12.7. The first-order valence-corrected chi connectivity index (χ1v) is 9.18. The fraction of sp³-hybridized carbons (Fsp3) is 0.409. The summed E-state index contributed by atoms with van der Waals surface area (Å²) in [4.78, 5) is 15.3. The van der Waals surface area contributed by atoms with Crippen LogP contribution in [-0.4, -0.2) is 29.8 Å². The summed E-state index contributed by atoms with van der Waals surface area (Å²) in [5.74, 6) is 0.126. The third kappa shape index (κ3) is 3.59. The number of nitrogens with zero attached hydrogens (tertiary/aromatic N) is 1. The van der Waals surface area contributed by atoms with Gasteiger partial charge in [0.2, 0.25) is 0 Å². The summed E-state index contributed by atoms with van der Waals surface area (Å²) in [7, 11) is 0. The van der Waals surface area contributed by atoms with E-state index in [-0.39, 0.29) is 5.78 Å². The van der Waals surface area contributed by atoms with Gasteiger partial charge in [0.05, 0.1) is 0 Å². The van der Waals surface area contributed by atoms with Gasteiger partial charge in [-0.25, -0.2) is 0 Å². The second-order valence-corrected chi connectivity index (χ2v) is 6.78. The molecule has 0 heterocycles. The van der Waals surface area contributed by atoms with E-state index in [2.05, 4.69) is 30.9 Å².